The molecule has 5 aromatic rings. The number of alkyl halides is 1. The van der Waals surface area contributed by atoms with Crippen molar-refractivity contribution in [2.24, 2.45) is 0 Å². The molecule has 0 spiro atoms. The summed E-state index contributed by atoms with van der Waals surface area (Å²) in [5.74, 6) is -0.290. The summed E-state index contributed by atoms with van der Waals surface area (Å²) < 4.78 is 19.9. The van der Waals surface area contributed by atoms with E-state index in [1.807, 2.05) is 31.2 Å². The van der Waals surface area contributed by atoms with E-state index >= 15 is 0 Å². The molecule has 0 N–H and O–H groups in total. The molecule has 36 heavy (non-hydrogen) atoms. The molecule has 1 aliphatic carbocycles. The van der Waals surface area contributed by atoms with Gasteiger partial charge in [-0.2, -0.15) is 0 Å². The highest BCUT2D eigenvalue weighted by atomic mass is 79.9. The Bertz CT molecular complexity index is 1640. The molecule has 2 unspecified atom stereocenters. The summed E-state index contributed by atoms with van der Waals surface area (Å²) >= 11 is 3.69. The number of fused-ring (bicyclic) bond motifs is 6. The highest BCUT2D eigenvalue weighted by Crippen LogP contribution is 2.46. The fourth-order valence-electron chi connectivity index (χ4n) is 6.01. The van der Waals surface area contributed by atoms with Gasteiger partial charge in [0.15, 0.2) is 0 Å². The summed E-state index contributed by atoms with van der Waals surface area (Å²) in [6.07, 6.45) is 3.05. The summed E-state index contributed by atoms with van der Waals surface area (Å²) in [6, 6.07) is 26.2. The number of carbonyl (C=O) groups is 1. The SMILES string of the molecule is CCOC(=O)C(Br)c1c(C2CCCc3c2ccc2c3ccc3c(F)cccc32)ccc2ccccc12. The maximum absolute atomic E-state index is 14.5. The highest BCUT2D eigenvalue weighted by Gasteiger charge is 2.30. The van der Waals surface area contributed by atoms with Gasteiger partial charge in [0.05, 0.1) is 6.61 Å². The standard InChI is InChI=1S/C32H26BrFO2/c1-2-36-32(35)31(33)30-20-8-4-3-7-19(20)13-14-28(30)23-10-5-9-21-24(23)15-16-26-22-11-6-12-29(34)27(22)18-17-25(21)26/h3-4,6-8,11-18,23,31H,2,5,9-10H2,1H3. The molecule has 5 aromatic carbocycles. The van der Waals surface area contributed by atoms with Crippen molar-refractivity contribution in [2.75, 3.05) is 6.61 Å². The normalized spacial score (nSPS) is 16.2. The molecule has 2 atom stereocenters. The van der Waals surface area contributed by atoms with E-state index in [4.69, 9.17) is 4.74 Å². The van der Waals surface area contributed by atoms with E-state index in [-0.39, 0.29) is 17.7 Å². The summed E-state index contributed by atoms with van der Waals surface area (Å²) in [4.78, 5) is 12.3. The minimum atomic E-state index is -0.545. The number of carbonyl (C=O) groups excluding carboxylic acids is 1. The Morgan fingerprint density at radius 3 is 2.47 bits per heavy atom. The van der Waals surface area contributed by atoms with Gasteiger partial charge in [0.1, 0.15) is 10.6 Å². The second kappa shape index (κ2) is 9.33. The van der Waals surface area contributed by atoms with Crippen LogP contribution in [0.3, 0.4) is 0 Å². The Balaban J connectivity index is 1.57. The van der Waals surface area contributed by atoms with Crippen molar-refractivity contribution < 1.29 is 13.9 Å². The third-order valence-corrected chi connectivity index (χ3v) is 8.41. The van der Waals surface area contributed by atoms with E-state index in [9.17, 15) is 9.18 Å². The quantitative estimate of drug-likeness (QED) is 0.129. The number of esters is 1. The molecule has 6 rings (SSSR count). The first kappa shape index (κ1) is 23.2. The molecular weight excluding hydrogens is 515 g/mol. The van der Waals surface area contributed by atoms with Crippen LogP contribution in [0.1, 0.15) is 52.8 Å². The van der Waals surface area contributed by atoms with Gasteiger partial charge in [0, 0.05) is 11.3 Å². The number of ether oxygens (including phenoxy) is 1. The van der Waals surface area contributed by atoms with Crippen LogP contribution in [0.2, 0.25) is 0 Å². The first-order chi connectivity index (χ1) is 17.6. The summed E-state index contributed by atoms with van der Waals surface area (Å²) in [5.41, 5.74) is 4.78. The first-order valence-electron chi connectivity index (χ1n) is 12.5. The molecule has 0 fully saturated rings. The maximum Gasteiger partial charge on any atom is 0.324 e. The van der Waals surface area contributed by atoms with Crippen LogP contribution < -0.4 is 0 Å². The van der Waals surface area contributed by atoms with Crippen molar-refractivity contribution in [1.29, 1.82) is 0 Å². The molecule has 0 bridgehead atoms. The lowest BCUT2D eigenvalue weighted by Gasteiger charge is -2.30. The number of aryl methyl sites for hydroxylation is 1. The lowest BCUT2D eigenvalue weighted by atomic mass is 9.75. The number of hydrogen-bond acceptors (Lipinski definition) is 2. The molecule has 0 amide bonds. The molecule has 2 nitrogen and oxygen atoms in total. The van der Waals surface area contributed by atoms with Gasteiger partial charge in [-0.15, -0.1) is 0 Å². The highest BCUT2D eigenvalue weighted by molar-refractivity contribution is 9.09. The van der Waals surface area contributed by atoms with Crippen LogP contribution >= 0.6 is 15.9 Å². The van der Waals surface area contributed by atoms with Crippen LogP contribution in [0.15, 0.2) is 78.9 Å². The molecule has 0 saturated carbocycles. The van der Waals surface area contributed by atoms with Gasteiger partial charge < -0.3 is 4.74 Å². The van der Waals surface area contributed by atoms with Gasteiger partial charge in [-0.1, -0.05) is 88.7 Å². The molecule has 0 aliphatic heterocycles. The van der Waals surface area contributed by atoms with Crippen molar-refractivity contribution in [1.82, 2.24) is 0 Å². The van der Waals surface area contributed by atoms with Gasteiger partial charge in [-0.3, -0.25) is 4.79 Å². The minimum absolute atomic E-state index is 0.162. The Labute approximate surface area is 218 Å². The lowest BCUT2D eigenvalue weighted by Crippen LogP contribution is -2.17. The molecule has 4 heteroatoms. The van der Waals surface area contributed by atoms with Crippen molar-refractivity contribution in [3.05, 3.63) is 107 Å². The summed E-state index contributed by atoms with van der Waals surface area (Å²) in [5, 5.41) is 6.07. The fourth-order valence-corrected chi connectivity index (χ4v) is 6.66. The van der Waals surface area contributed by atoms with Gasteiger partial charge in [-0.05, 0) is 81.4 Å². The van der Waals surface area contributed by atoms with Crippen molar-refractivity contribution >= 4 is 54.2 Å². The van der Waals surface area contributed by atoms with Crippen LogP contribution in [0, 0.1) is 5.82 Å². The zero-order valence-corrected chi connectivity index (χ0v) is 21.6. The zero-order valence-electron chi connectivity index (χ0n) is 20.1. The van der Waals surface area contributed by atoms with Crippen molar-refractivity contribution in [2.45, 2.75) is 36.9 Å². The fraction of sp³-hybridized carbons (Fsp3) is 0.219. The molecule has 0 radical (unpaired) electrons. The lowest BCUT2D eigenvalue weighted by molar-refractivity contribution is -0.142. The number of benzene rings is 5. The minimum Gasteiger partial charge on any atom is -0.465 e. The van der Waals surface area contributed by atoms with Crippen LogP contribution in [0.25, 0.3) is 32.3 Å². The number of halogens is 2. The average molecular weight is 541 g/mol. The van der Waals surface area contributed by atoms with E-state index in [0.29, 0.717) is 12.0 Å². The molecular formula is C32H26BrFO2. The van der Waals surface area contributed by atoms with E-state index in [1.54, 1.807) is 6.07 Å². The molecule has 1 aliphatic rings. The second-order valence-corrected chi connectivity index (χ2v) is 10.4. The Hall–Kier alpha value is -3.24. The molecule has 0 saturated heterocycles. The molecule has 0 heterocycles. The van der Waals surface area contributed by atoms with E-state index < -0.39 is 4.83 Å². The van der Waals surface area contributed by atoms with Crippen molar-refractivity contribution in [3.8, 4) is 0 Å². The van der Waals surface area contributed by atoms with Gasteiger partial charge in [0.2, 0.25) is 0 Å². The summed E-state index contributed by atoms with van der Waals surface area (Å²) in [7, 11) is 0. The topological polar surface area (TPSA) is 26.3 Å². The Kier molecular flexibility index (Phi) is 6.00. The predicted octanol–water partition coefficient (Wildman–Crippen LogP) is 8.75. The van der Waals surface area contributed by atoms with Crippen LogP contribution in [0.5, 0.6) is 0 Å². The Morgan fingerprint density at radius 1 is 0.889 bits per heavy atom. The zero-order chi connectivity index (χ0) is 24.8. The van der Waals surface area contributed by atoms with E-state index in [1.165, 1.54) is 22.6 Å². The third kappa shape index (κ3) is 3.70. The largest absolute Gasteiger partial charge is 0.465 e. The van der Waals surface area contributed by atoms with E-state index in [0.717, 1.165) is 51.9 Å². The van der Waals surface area contributed by atoms with Crippen LogP contribution in [0.4, 0.5) is 4.39 Å². The van der Waals surface area contributed by atoms with Crippen LogP contribution in [-0.2, 0) is 16.0 Å². The predicted molar refractivity (Wildman–Crippen MR) is 148 cm³/mol. The van der Waals surface area contributed by atoms with Crippen molar-refractivity contribution in [3.63, 3.8) is 0 Å². The maximum atomic E-state index is 14.5. The average Bonchev–Trinajstić information content (AvgIpc) is 2.91. The first-order valence-corrected chi connectivity index (χ1v) is 13.4. The smallest absolute Gasteiger partial charge is 0.324 e. The molecule has 180 valence electrons. The number of hydrogen-bond donors (Lipinski definition) is 0. The third-order valence-electron chi connectivity index (χ3n) is 7.57. The van der Waals surface area contributed by atoms with Gasteiger partial charge in [0.25, 0.3) is 0 Å². The summed E-state index contributed by atoms with van der Waals surface area (Å²) in [6.45, 7) is 2.17. The second-order valence-electron chi connectivity index (χ2n) is 9.48. The van der Waals surface area contributed by atoms with E-state index in [2.05, 4.69) is 58.4 Å². The monoisotopic (exact) mass is 540 g/mol. The number of rotatable bonds is 4. The molecule has 0 aromatic heterocycles. The van der Waals surface area contributed by atoms with Gasteiger partial charge >= 0.3 is 5.97 Å². The van der Waals surface area contributed by atoms with Gasteiger partial charge in [-0.25, -0.2) is 4.39 Å². The Morgan fingerprint density at radius 2 is 1.61 bits per heavy atom. The van der Waals surface area contributed by atoms with Crippen LogP contribution in [-0.4, -0.2) is 12.6 Å².